The van der Waals surface area contributed by atoms with Gasteiger partial charge in [0.15, 0.2) is 12.4 Å². The van der Waals surface area contributed by atoms with Crippen LogP contribution in [0.2, 0.25) is 0 Å². The first-order valence-corrected chi connectivity index (χ1v) is 9.39. The van der Waals surface area contributed by atoms with E-state index in [1.807, 2.05) is 13.8 Å². The van der Waals surface area contributed by atoms with Crippen LogP contribution >= 0.6 is 0 Å². The van der Waals surface area contributed by atoms with Crippen molar-refractivity contribution in [3.05, 3.63) is 54.0 Å². The molecule has 7 heteroatoms. The van der Waals surface area contributed by atoms with Gasteiger partial charge in [0.1, 0.15) is 0 Å². The fourth-order valence-electron chi connectivity index (χ4n) is 3.55. The average molecular weight is 384 g/mol. The van der Waals surface area contributed by atoms with Crippen molar-refractivity contribution in [1.29, 1.82) is 0 Å². The highest BCUT2D eigenvalue weighted by Crippen LogP contribution is 2.23. The van der Waals surface area contributed by atoms with Gasteiger partial charge in [0.25, 0.3) is 11.8 Å². The molecule has 1 aromatic heterocycles. The maximum absolute atomic E-state index is 12.5. The van der Waals surface area contributed by atoms with E-state index in [-0.39, 0.29) is 35.9 Å². The normalized spacial score (nSPS) is 19.1. The van der Waals surface area contributed by atoms with Crippen LogP contribution in [0.3, 0.4) is 0 Å². The van der Waals surface area contributed by atoms with Gasteiger partial charge in [0.2, 0.25) is 0 Å². The number of amides is 2. The number of ether oxygens (including phenoxy) is 1. The summed E-state index contributed by atoms with van der Waals surface area (Å²) in [6.45, 7) is 3.69. The number of benzene rings is 1. The van der Waals surface area contributed by atoms with Crippen LogP contribution in [0, 0.1) is 0 Å². The molecule has 3 rings (SSSR count). The van der Waals surface area contributed by atoms with Crippen LogP contribution in [0.1, 0.15) is 54.0 Å². The van der Waals surface area contributed by atoms with Crippen molar-refractivity contribution in [3.8, 4) is 0 Å². The highest BCUT2D eigenvalue weighted by molar-refractivity contribution is 6.06. The first kappa shape index (κ1) is 19.7. The minimum Gasteiger partial charge on any atom is -0.459 e. The van der Waals surface area contributed by atoms with Crippen LogP contribution in [-0.2, 0) is 9.53 Å². The predicted octanol–water partition coefficient (Wildman–Crippen LogP) is 3.48. The van der Waals surface area contributed by atoms with E-state index >= 15 is 0 Å². The Balaban J connectivity index is 1.64. The highest BCUT2D eigenvalue weighted by atomic mass is 16.5. The van der Waals surface area contributed by atoms with Gasteiger partial charge >= 0.3 is 5.97 Å². The molecule has 2 heterocycles. The average Bonchev–Trinajstić information content (AvgIpc) is 3.21. The van der Waals surface area contributed by atoms with Crippen LogP contribution in [0.4, 0.5) is 5.69 Å². The molecular weight excluding hydrogens is 360 g/mol. The minimum absolute atomic E-state index is 0.131. The Hall–Kier alpha value is -3.09. The molecule has 0 radical (unpaired) electrons. The Morgan fingerprint density at radius 1 is 1.11 bits per heavy atom. The molecule has 0 bridgehead atoms. The van der Waals surface area contributed by atoms with Gasteiger partial charge in [0, 0.05) is 12.1 Å². The lowest BCUT2D eigenvalue weighted by Crippen LogP contribution is -2.49. The maximum atomic E-state index is 12.5. The number of hydrogen-bond acceptors (Lipinski definition) is 5. The smallest absolute Gasteiger partial charge is 0.340 e. The quantitative estimate of drug-likeness (QED) is 0.797. The summed E-state index contributed by atoms with van der Waals surface area (Å²) in [6, 6.07) is 9.88. The van der Waals surface area contributed by atoms with Gasteiger partial charge in [-0.1, -0.05) is 12.1 Å². The Morgan fingerprint density at radius 3 is 2.50 bits per heavy atom. The van der Waals surface area contributed by atoms with Crippen molar-refractivity contribution >= 4 is 23.5 Å². The topological polar surface area (TPSA) is 88.9 Å². The summed E-state index contributed by atoms with van der Waals surface area (Å²) in [5, 5.41) is 2.63. The number of carbonyl (C=O) groups excluding carboxylic acids is 3. The molecule has 0 saturated carbocycles. The van der Waals surface area contributed by atoms with Gasteiger partial charge in [0.05, 0.1) is 17.5 Å². The summed E-state index contributed by atoms with van der Waals surface area (Å²) in [5.74, 6) is -1.21. The van der Waals surface area contributed by atoms with Crippen LogP contribution in [-0.4, -0.2) is 41.4 Å². The Labute approximate surface area is 163 Å². The molecule has 1 aliphatic rings. The summed E-state index contributed by atoms with van der Waals surface area (Å²) in [5.41, 5.74) is 0.469. The minimum atomic E-state index is -0.666. The fraction of sp³-hybridized carbons (Fsp3) is 0.381. The SMILES string of the molecule is C[C@@H]1CCC[C@@H](C)N1C(=O)COC(=O)c1ccccc1NC(=O)c1ccco1. The molecule has 1 aliphatic heterocycles. The molecule has 2 aromatic rings. The molecule has 0 aliphatic carbocycles. The summed E-state index contributed by atoms with van der Waals surface area (Å²) in [4.78, 5) is 39.0. The fourth-order valence-corrected chi connectivity index (χ4v) is 3.55. The van der Waals surface area contributed by atoms with E-state index in [4.69, 9.17) is 9.15 Å². The van der Waals surface area contributed by atoms with Gasteiger partial charge in [-0.15, -0.1) is 0 Å². The van der Waals surface area contributed by atoms with E-state index < -0.39 is 11.9 Å². The highest BCUT2D eigenvalue weighted by Gasteiger charge is 2.29. The number of piperidine rings is 1. The lowest BCUT2D eigenvalue weighted by molar-refractivity contribution is -0.140. The number of hydrogen-bond donors (Lipinski definition) is 1. The molecule has 2 amide bonds. The second-order valence-electron chi connectivity index (χ2n) is 6.98. The van der Waals surface area contributed by atoms with Crippen molar-refractivity contribution in [3.63, 3.8) is 0 Å². The van der Waals surface area contributed by atoms with E-state index in [0.29, 0.717) is 5.69 Å². The largest absolute Gasteiger partial charge is 0.459 e. The zero-order valence-corrected chi connectivity index (χ0v) is 16.0. The molecule has 1 fully saturated rings. The zero-order valence-electron chi connectivity index (χ0n) is 16.0. The summed E-state index contributed by atoms with van der Waals surface area (Å²) in [7, 11) is 0. The van der Waals surface area contributed by atoms with Gasteiger partial charge < -0.3 is 19.4 Å². The molecular formula is C21H24N2O5. The van der Waals surface area contributed by atoms with Gasteiger partial charge in [-0.3, -0.25) is 9.59 Å². The first-order chi connectivity index (χ1) is 13.5. The van der Waals surface area contributed by atoms with Crippen LogP contribution in [0.5, 0.6) is 0 Å². The molecule has 2 atom stereocenters. The number of anilines is 1. The van der Waals surface area contributed by atoms with Crippen LogP contribution in [0.25, 0.3) is 0 Å². The molecule has 148 valence electrons. The van der Waals surface area contributed by atoms with Gasteiger partial charge in [-0.25, -0.2) is 4.79 Å². The Morgan fingerprint density at radius 2 is 1.82 bits per heavy atom. The Kier molecular flexibility index (Phi) is 6.13. The monoisotopic (exact) mass is 384 g/mol. The Bertz CT molecular complexity index is 836. The number of furan rings is 1. The predicted molar refractivity (Wildman–Crippen MR) is 103 cm³/mol. The van der Waals surface area contributed by atoms with Gasteiger partial charge in [-0.2, -0.15) is 0 Å². The van der Waals surface area contributed by atoms with E-state index in [9.17, 15) is 14.4 Å². The third-order valence-corrected chi connectivity index (χ3v) is 4.95. The molecule has 1 saturated heterocycles. The lowest BCUT2D eigenvalue weighted by Gasteiger charge is -2.38. The molecule has 0 spiro atoms. The number of esters is 1. The summed E-state index contributed by atoms with van der Waals surface area (Å²) >= 11 is 0. The number of rotatable bonds is 5. The van der Waals surface area contributed by atoms with Crippen molar-refractivity contribution in [2.45, 2.75) is 45.2 Å². The summed E-state index contributed by atoms with van der Waals surface area (Å²) in [6.07, 6.45) is 4.38. The maximum Gasteiger partial charge on any atom is 0.340 e. The zero-order chi connectivity index (χ0) is 20.1. The number of likely N-dealkylation sites (tertiary alicyclic amines) is 1. The van der Waals surface area contributed by atoms with Crippen LogP contribution < -0.4 is 5.32 Å². The summed E-state index contributed by atoms with van der Waals surface area (Å²) < 4.78 is 10.3. The van der Waals surface area contributed by atoms with Crippen molar-refractivity contribution in [1.82, 2.24) is 4.90 Å². The second-order valence-corrected chi connectivity index (χ2v) is 6.98. The van der Waals surface area contributed by atoms with Crippen molar-refractivity contribution in [2.75, 3.05) is 11.9 Å². The number of para-hydroxylation sites is 1. The van der Waals surface area contributed by atoms with E-state index in [0.717, 1.165) is 19.3 Å². The van der Waals surface area contributed by atoms with E-state index in [1.54, 1.807) is 29.2 Å². The lowest BCUT2D eigenvalue weighted by atomic mass is 9.97. The van der Waals surface area contributed by atoms with Crippen molar-refractivity contribution in [2.24, 2.45) is 0 Å². The van der Waals surface area contributed by atoms with Crippen LogP contribution in [0.15, 0.2) is 47.1 Å². The third-order valence-electron chi connectivity index (χ3n) is 4.95. The standard InChI is InChI=1S/C21H24N2O5/c1-14-7-5-8-15(2)23(14)19(24)13-28-21(26)16-9-3-4-10-17(16)22-20(25)18-11-6-12-27-18/h3-4,6,9-12,14-15H,5,7-8,13H2,1-2H3,(H,22,25)/t14-,15-/m1/s1. The van der Waals surface area contributed by atoms with Gasteiger partial charge in [-0.05, 0) is 57.4 Å². The third kappa shape index (κ3) is 4.42. The molecule has 28 heavy (non-hydrogen) atoms. The molecule has 7 nitrogen and oxygen atoms in total. The van der Waals surface area contributed by atoms with E-state index in [2.05, 4.69) is 5.32 Å². The second kappa shape index (κ2) is 8.73. The van der Waals surface area contributed by atoms with Crippen molar-refractivity contribution < 1.29 is 23.5 Å². The molecule has 1 aromatic carbocycles. The molecule has 0 unspecified atom stereocenters. The number of carbonyl (C=O) groups is 3. The van der Waals surface area contributed by atoms with E-state index in [1.165, 1.54) is 18.4 Å². The number of nitrogens with zero attached hydrogens (tertiary/aromatic N) is 1. The number of nitrogens with one attached hydrogen (secondary N) is 1. The first-order valence-electron chi connectivity index (χ1n) is 9.39. The molecule has 1 N–H and O–H groups in total.